The van der Waals surface area contributed by atoms with Crippen LogP contribution in [0.4, 0.5) is 0 Å². The zero-order valence-electron chi connectivity index (χ0n) is 11.0. The van der Waals surface area contributed by atoms with Crippen LogP contribution in [0.15, 0.2) is 16.6 Å². The van der Waals surface area contributed by atoms with Gasteiger partial charge in [-0.3, -0.25) is 0 Å². The van der Waals surface area contributed by atoms with E-state index in [9.17, 15) is 8.42 Å². The Morgan fingerprint density at radius 1 is 1.37 bits per heavy atom. The van der Waals surface area contributed by atoms with Crippen LogP contribution in [-0.4, -0.2) is 40.7 Å². The van der Waals surface area contributed by atoms with E-state index in [-0.39, 0.29) is 12.4 Å². The van der Waals surface area contributed by atoms with Crippen molar-refractivity contribution in [1.82, 2.24) is 0 Å². The molecule has 1 rings (SSSR count). The molecule has 0 unspecified atom stereocenters. The molecule has 2 N–H and O–H groups in total. The number of benzene rings is 1. The Labute approximate surface area is 122 Å². The van der Waals surface area contributed by atoms with Gasteiger partial charge in [-0.1, -0.05) is 0 Å². The Morgan fingerprint density at radius 3 is 2.58 bits per heavy atom. The predicted molar refractivity (Wildman–Crippen MR) is 78.7 cm³/mol. The van der Waals surface area contributed by atoms with Gasteiger partial charge in [0.25, 0.3) is 0 Å². The highest BCUT2D eigenvalue weighted by atomic mass is 79.9. The summed E-state index contributed by atoms with van der Waals surface area (Å²) in [6.45, 7) is 0.633. The van der Waals surface area contributed by atoms with Crippen molar-refractivity contribution in [3.05, 3.63) is 22.2 Å². The molecule has 1 aromatic rings. The molecule has 0 amide bonds. The van der Waals surface area contributed by atoms with E-state index in [2.05, 4.69) is 15.9 Å². The number of hydrogen-bond donors (Lipinski definition) is 1. The third-order valence-electron chi connectivity index (χ3n) is 2.42. The Bertz CT molecular complexity index is 531. The third-order valence-corrected chi connectivity index (χ3v) is 3.92. The summed E-state index contributed by atoms with van der Waals surface area (Å²) >= 11 is 3.39. The Morgan fingerprint density at radius 2 is 2.05 bits per heavy atom. The van der Waals surface area contributed by atoms with Crippen molar-refractivity contribution in [3.8, 4) is 11.5 Å². The highest BCUT2D eigenvalue weighted by Gasteiger charge is 2.12. The van der Waals surface area contributed by atoms with Gasteiger partial charge in [0.15, 0.2) is 21.3 Å². The predicted octanol–water partition coefficient (Wildman–Crippen LogP) is 1.38. The smallest absolute Gasteiger partial charge is 0.175 e. The summed E-state index contributed by atoms with van der Waals surface area (Å²) in [6.07, 6.45) is 1.91. The van der Waals surface area contributed by atoms with E-state index < -0.39 is 9.84 Å². The Balaban J connectivity index is 2.87. The molecule has 0 saturated heterocycles. The van der Waals surface area contributed by atoms with E-state index in [1.807, 2.05) is 12.1 Å². The minimum atomic E-state index is -3.04. The molecule has 108 valence electrons. The van der Waals surface area contributed by atoms with E-state index >= 15 is 0 Å². The summed E-state index contributed by atoms with van der Waals surface area (Å²) in [5.74, 6) is 1.03. The Hall–Kier alpha value is -0.790. The Kier molecular flexibility index (Phi) is 6.09. The number of rotatable bonds is 7. The molecule has 0 aliphatic carbocycles. The minimum Gasteiger partial charge on any atom is -0.493 e. The second-order valence-corrected chi connectivity index (χ2v) is 7.24. The average molecular weight is 352 g/mol. The van der Waals surface area contributed by atoms with Crippen molar-refractivity contribution in [2.75, 3.05) is 32.3 Å². The van der Waals surface area contributed by atoms with Crippen LogP contribution in [0.2, 0.25) is 0 Å². The molecule has 1 aromatic carbocycles. The van der Waals surface area contributed by atoms with Gasteiger partial charge in [0, 0.05) is 6.26 Å². The summed E-state index contributed by atoms with van der Waals surface area (Å²) in [4.78, 5) is 0. The van der Waals surface area contributed by atoms with Gasteiger partial charge in [-0.25, -0.2) is 8.42 Å². The number of sulfone groups is 1. The van der Waals surface area contributed by atoms with Gasteiger partial charge in [0.1, 0.15) is 6.61 Å². The lowest BCUT2D eigenvalue weighted by Gasteiger charge is -2.14. The molecule has 19 heavy (non-hydrogen) atoms. The number of methoxy groups -OCH3 is 1. The van der Waals surface area contributed by atoms with Crippen LogP contribution < -0.4 is 15.2 Å². The van der Waals surface area contributed by atoms with Gasteiger partial charge in [0.05, 0.1) is 17.3 Å². The normalized spacial score (nSPS) is 11.4. The minimum absolute atomic E-state index is 0.0346. The fraction of sp³-hybridized carbons (Fsp3) is 0.500. The van der Waals surface area contributed by atoms with E-state index in [0.717, 1.165) is 16.5 Å². The highest BCUT2D eigenvalue weighted by molar-refractivity contribution is 9.10. The van der Waals surface area contributed by atoms with Crippen LogP contribution in [0.1, 0.15) is 5.56 Å². The maximum absolute atomic E-state index is 11.1. The van der Waals surface area contributed by atoms with E-state index in [4.69, 9.17) is 15.2 Å². The van der Waals surface area contributed by atoms with Gasteiger partial charge in [0.2, 0.25) is 0 Å². The fourth-order valence-electron chi connectivity index (χ4n) is 1.52. The molecule has 0 fully saturated rings. The first-order valence-electron chi connectivity index (χ1n) is 5.74. The summed E-state index contributed by atoms with van der Waals surface area (Å²) in [5.41, 5.74) is 6.54. The second kappa shape index (κ2) is 7.12. The molecule has 0 aliphatic rings. The standard InChI is InChI=1S/C12H18BrNO4S/c1-17-11-8-9(3-4-14)7-10(13)12(11)18-5-6-19(2,15)16/h7-8H,3-6,14H2,1-2H3. The van der Waals surface area contributed by atoms with Crippen molar-refractivity contribution in [1.29, 1.82) is 0 Å². The molecule has 0 aromatic heterocycles. The topological polar surface area (TPSA) is 78.6 Å². The lowest BCUT2D eigenvalue weighted by atomic mass is 10.1. The van der Waals surface area contributed by atoms with E-state index in [0.29, 0.717) is 18.0 Å². The maximum atomic E-state index is 11.1. The van der Waals surface area contributed by atoms with Gasteiger partial charge in [-0.2, -0.15) is 0 Å². The molecule has 7 heteroatoms. The SMILES string of the molecule is COc1cc(CCN)cc(Br)c1OCCS(C)(=O)=O. The number of hydrogen-bond acceptors (Lipinski definition) is 5. The van der Waals surface area contributed by atoms with Crippen LogP contribution in [0.25, 0.3) is 0 Å². The molecule has 0 spiro atoms. The van der Waals surface area contributed by atoms with Crippen molar-refractivity contribution in [2.45, 2.75) is 6.42 Å². The third kappa shape index (κ3) is 5.38. The largest absolute Gasteiger partial charge is 0.493 e. The first kappa shape index (κ1) is 16.3. The van der Waals surface area contributed by atoms with Gasteiger partial charge < -0.3 is 15.2 Å². The lowest BCUT2D eigenvalue weighted by molar-refractivity contribution is 0.309. The van der Waals surface area contributed by atoms with Crippen molar-refractivity contribution >= 4 is 25.8 Å². The highest BCUT2D eigenvalue weighted by Crippen LogP contribution is 2.36. The molecule has 0 saturated carbocycles. The van der Waals surface area contributed by atoms with Crippen LogP contribution >= 0.6 is 15.9 Å². The molecule has 5 nitrogen and oxygen atoms in total. The zero-order chi connectivity index (χ0) is 14.5. The van der Waals surface area contributed by atoms with Crippen LogP contribution in [-0.2, 0) is 16.3 Å². The number of ether oxygens (including phenoxy) is 2. The van der Waals surface area contributed by atoms with Gasteiger partial charge >= 0.3 is 0 Å². The molecular weight excluding hydrogens is 334 g/mol. The van der Waals surface area contributed by atoms with Crippen molar-refractivity contribution in [2.24, 2.45) is 5.73 Å². The fourth-order valence-corrected chi connectivity index (χ4v) is 2.51. The molecule has 0 atom stereocenters. The molecule has 0 bridgehead atoms. The first-order valence-corrected chi connectivity index (χ1v) is 8.59. The van der Waals surface area contributed by atoms with E-state index in [1.165, 1.54) is 13.4 Å². The van der Waals surface area contributed by atoms with Crippen LogP contribution in [0.3, 0.4) is 0 Å². The van der Waals surface area contributed by atoms with E-state index in [1.54, 1.807) is 0 Å². The quantitative estimate of drug-likeness (QED) is 0.802. The molecular formula is C12H18BrNO4S. The summed E-state index contributed by atoms with van der Waals surface area (Å²) < 4.78 is 33.6. The lowest BCUT2D eigenvalue weighted by Crippen LogP contribution is -2.13. The monoisotopic (exact) mass is 351 g/mol. The van der Waals surface area contributed by atoms with Gasteiger partial charge in [-0.05, 0) is 46.6 Å². The summed E-state index contributed by atoms with van der Waals surface area (Å²) in [7, 11) is -1.50. The summed E-state index contributed by atoms with van der Waals surface area (Å²) in [6, 6.07) is 3.73. The number of halogens is 1. The first-order chi connectivity index (χ1) is 8.87. The zero-order valence-corrected chi connectivity index (χ0v) is 13.4. The number of nitrogens with two attached hydrogens (primary N) is 1. The summed E-state index contributed by atoms with van der Waals surface area (Å²) in [5, 5.41) is 0. The van der Waals surface area contributed by atoms with Crippen LogP contribution in [0.5, 0.6) is 11.5 Å². The average Bonchev–Trinajstić information content (AvgIpc) is 2.30. The molecule has 0 radical (unpaired) electrons. The van der Waals surface area contributed by atoms with Crippen molar-refractivity contribution in [3.63, 3.8) is 0 Å². The molecule has 0 heterocycles. The van der Waals surface area contributed by atoms with Gasteiger partial charge in [-0.15, -0.1) is 0 Å². The maximum Gasteiger partial charge on any atom is 0.175 e. The van der Waals surface area contributed by atoms with Crippen LogP contribution in [0, 0.1) is 0 Å². The second-order valence-electron chi connectivity index (χ2n) is 4.13. The molecule has 0 aliphatic heterocycles. The van der Waals surface area contributed by atoms with Crippen molar-refractivity contribution < 1.29 is 17.9 Å².